The Labute approximate surface area is 131 Å². The second-order valence-electron chi connectivity index (χ2n) is 6.08. The van der Waals surface area contributed by atoms with E-state index >= 15 is 0 Å². The van der Waals surface area contributed by atoms with Gasteiger partial charge in [0.1, 0.15) is 0 Å². The Morgan fingerprint density at radius 2 is 2.23 bits per heavy atom. The molecule has 1 N–H and O–H groups in total. The normalized spacial score (nSPS) is 21.9. The molecule has 1 aliphatic rings. The summed E-state index contributed by atoms with van der Waals surface area (Å²) in [4.78, 5) is 6.73. The summed E-state index contributed by atoms with van der Waals surface area (Å²) in [6.07, 6.45) is 4.94. The number of benzene rings is 1. The number of nitrogens with zero attached hydrogens (tertiary/aromatic N) is 2. The second-order valence-corrected chi connectivity index (χ2v) is 6.08. The summed E-state index contributed by atoms with van der Waals surface area (Å²) in [6.45, 7) is 4.21. The lowest BCUT2D eigenvalue weighted by molar-refractivity contribution is 0.244. The van der Waals surface area contributed by atoms with Gasteiger partial charge in [0, 0.05) is 31.5 Å². The zero-order valence-corrected chi connectivity index (χ0v) is 13.1. The van der Waals surface area contributed by atoms with Crippen LogP contribution in [0.4, 0.5) is 0 Å². The maximum Gasteiger partial charge on any atom is 0.160 e. The molecule has 1 aromatic heterocycles. The van der Waals surface area contributed by atoms with E-state index in [0.29, 0.717) is 17.7 Å². The van der Waals surface area contributed by atoms with Crippen molar-refractivity contribution in [2.24, 2.45) is 5.92 Å². The summed E-state index contributed by atoms with van der Waals surface area (Å²) < 4.78 is 5.20. The Morgan fingerprint density at radius 3 is 2.95 bits per heavy atom. The van der Waals surface area contributed by atoms with Gasteiger partial charge in [0.2, 0.25) is 0 Å². The van der Waals surface area contributed by atoms with Gasteiger partial charge in [-0.2, -0.15) is 0 Å². The van der Waals surface area contributed by atoms with Crippen molar-refractivity contribution in [2.75, 3.05) is 13.7 Å². The van der Waals surface area contributed by atoms with E-state index in [2.05, 4.69) is 22.9 Å². The van der Waals surface area contributed by atoms with Crippen molar-refractivity contribution in [3.05, 3.63) is 53.9 Å². The first-order valence-electron chi connectivity index (χ1n) is 7.67. The maximum absolute atomic E-state index is 9.72. The van der Waals surface area contributed by atoms with Crippen LogP contribution in [0.5, 0.6) is 11.5 Å². The number of hydrogen-bond acceptors (Lipinski definition) is 4. The SMILES string of the molecule is COc1cc(CN2C[C@H](C)C[C@@H]2c2cccnc2)ccc1O. The van der Waals surface area contributed by atoms with Gasteiger partial charge in [-0.25, -0.2) is 0 Å². The van der Waals surface area contributed by atoms with Crippen LogP contribution in [0, 0.1) is 5.92 Å². The summed E-state index contributed by atoms with van der Waals surface area (Å²) >= 11 is 0. The zero-order valence-electron chi connectivity index (χ0n) is 13.1. The van der Waals surface area contributed by atoms with Crippen LogP contribution in [0.2, 0.25) is 0 Å². The Morgan fingerprint density at radius 1 is 1.36 bits per heavy atom. The van der Waals surface area contributed by atoms with E-state index in [-0.39, 0.29) is 5.75 Å². The molecule has 0 radical (unpaired) electrons. The second kappa shape index (κ2) is 6.36. The number of rotatable bonds is 4. The molecule has 2 aromatic rings. The van der Waals surface area contributed by atoms with Gasteiger partial charge >= 0.3 is 0 Å². The van der Waals surface area contributed by atoms with Crippen LogP contribution < -0.4 is 4.74 Å². The van der Waals surface area contributed by atoms with Gasteiger partial charge in [0.25, 0.3) is 0 Å². The fourth-order valence-corrected chi connectivity index (χ4v) is 3.28. The third-order valence-corrected chi connectivity index (χ3v) is 4.31. The number of methoxy groups -OCH3 is 1. The van der Waals surface area contributed by atoms with Crippen LogP contribution in [-0.4, -0.2) is 28.6 Å². The number of likely N-dealkylation sites (tertiary alicyclic amines) is 1. The summed E-state index contributed by atoms with van der Waals surface area (Å²) in [5.74, 6) is 1.39. The minimum Gasteiger partial charge on any atom is -0.504 e. The largest absolute Gasteiger partial charge is 0.504 e. The number of pyridine rings is 1. The van der Waals surface area contributed by atoms with E-state index in [4.69, 9.17) is 4.74 Å². The molecule has 0 amide bonds. The standard InChI is InChI=1S/C18H22N2O2/c1-13-8-16(15-4-3-7-19-10-15)20(11-13)12-14-5-6-17(21)18(9-14)22-2/h3-7,9-10,13,16,21H,8,11-12H2,1-2H3/t13-,16-/m1/s1. The highest BCUT2D eigenvalue weighted by molar-refractivity contribution is 5.41. The molecule has 1 saturated heterocycles. The molecule has 0 aliphatic carbocycles. The first-order chi connectivity index (χ1) is 10.7. The van der Waals surface area contributed by atoms with E-state index in [9.17, 15) is 5.11 Å². The smallest absolute Gasteiger partial charge is 0.160 e. The topological polar surface area (TPSA) is 45.6 Å². The summed E-state index contributed by atoms with van der Waals surface area (Å²) in [6, 6.07) is 10.1. The van der Waals surface area contributed by atoms with E-state index in [0.717, 1.165) is 25.1 Å². The van der Waals surface area contributed by atoms with Gasteiger partial charge in [-0.1, -0.05) is 19.1 Å². The van der Waals surface area contributed by atoms with Crippen LogP contribution in [0.1, 0.15) is 30.5 Å². The zero-order chi connectivity index (χ0) is 15.5. The predicted molar refractivity (Wildman–Crippen MR) is 85.8 cm³/mol. The molecular weight excluding hydrogens is 276 g/mol. The van der Waals surface area contributed by atoms with Crippen LogP contribution in [0.25, 0.3) is 0 Å². The minimum absolute atomic E-state index is 0.185. The molecule has 1 aliphatic heterocycles. The van der Waals surface area contributed by atoms with Gasteiger partial charge in [-0.05, 0) is 41.7 Å². The third-order valence-electron chi connectivity index (χ3n) is 4.31. The van der Waals surface area contributed by atoms with Crippen molar-refractivity contribution in [3.63, 3.8) is 0 Å². The Hall–Kier alpha value is -2.07. The molecule has 116 valence electrons. The Balaban J connectivity index is 1.81. The third kappa shape index (κ3) is 3.07. The van der Waals surface area contributed by atoms with Crippen LogP contribution in [0.3, 0.4) is 0 Å². The molecule has 1 fully saturated rings. The number of phenols is 1. The molecule has 0 bridgehead atoms. The fourth-order valence-electron chi connectivity index (χ4n) is 3.28. The van der Waals surface area contributed by atoms with E-state index in [1.165, 1.54) is 5.56 Å². The molecule has 4 nitrogen and oxygen atoms in total. The first-order valence-corrected chi connectivity index (χ1v) is 7.67. The highest BCUT2D eigenvalue weighted by Crippen LogP contribution is 2.36. The summed E-state index contributed by atoms with van der Waals surface area (Å²) in [5.41, 5.74) is 2.43. The highest BCUT2D eigenvalue weighted by atomic mass is 16.5. The molecular formula is C18H22N2O2. The lowest BCUT2D eigenvalue weighted by Crippen LogP contribution is -2.23. The molecule has 2 atom stereocenters. The van der Waals surface area contributed by atoms with Gasteiger partial charge in [0.15, 0.2) is 11.5 Å². The van der Waals surface area contributed by atoms with Crippen molar-refractivity contribution in [2.45, 2.75) is 25.9 Å². The van der Waals surface area contributed by atoms with E-state index < -0.39 is 0 Å². The maximum atomic E-state index is 9.72. The molecule has 22 heavy (non-hydrogen) atoms. The predicted octanol–water partition coefficient (Wildman–Crippen LogP) is 3.38. The minimum atomic E-state index is 0.185. The quantitative estimate of drug-likeness (QED) is 0.940. The van der Waals surface area contributed by atoms with Crippen LogP contribution >= 0.6 is 0 Å². The monoisotopic (exact) mass is 298 g/mol. The number of hydrogen-bond donors (Lipinski definition) is 1. The van der Waals surface area contributed by atoms with Crippen LogP contribution in [-0.2, 0) is 6.54 Å². The van der Waals surface area contributed by atoms with Crippen LogP contribution in [0.15, 0.2) is 42.7 Å². The number of ether oxygens (including phenoxy) is 1. The Kier molecular flexibility index (Phi) is 4.29. The Bertz CT molecular complexity index is 630. The molecule has 0 unspecified atom stereocenters. The number of aromatic hydroxyl groups is 1. The van der Waals surface area contributed by atoms with Crippen molar-refractivity contribution in [3.8, 4) is 11.5 Å². The summed E-state index contributed by atoms with van der Waals surface area (Å²) in [7, 11) is 1.58. The van der Waals surface area contributed by atoms with E-state index in [1.807, 2.05) is 30.6 Å². The van der Waals surface area contributed by atoms with Crippen molar-refractivity contribution < 1.29 is 9.84 Å². The van der Waals surface area contributed by atoms with Gasteiger partial charge in [0.05, 0.1) is 7.11 Å². The van der Waals surface area contributed by atoms with Gasteiger partial charge in [-0.15, -0.1) is 0 Å². The molecule has 0 spiro atoms. The molecule has 0 saturated carbocycles. The molecule has 3 rings (SSSR count). The van der Waals surface area contributed by atoms with Crippen molar-refractivity contribution >= 4 is 0 Å². The first kappa shape index (κ1) is 14.9. The van der Waals surface area contributed by atoms with Crippen molar-refractivity contribution in [1.82, 2.24) is 9.88 Å². The fraction of sp³-hybridized carbons (Fsp3) is 0.389. The molecule has 1 aromatic carbocycles. The van der Waals surface area contributed by atoms with Gasteiger partial charge in [-0.3, -0.25) is 9.88 Å². The average molecular weight is 298 g/mol. The average Bonchev–Trinajstić information content (AvgIpc) is 2.90. The lowest BCUT2D eigenvalue weighted by Gasteiger charge is -2.24. The molecule has 4 heteroatoms. The highest BCUT2D eigenvalue weighted by Gasteiger charge is 2.30. The molecule has 2 heterocycles. The van der Waals surface area contributed by atoms with Crippen molar-refractivity contribution in [1.29, 1.82) is 0 Å². The number of aromatic nitrogens is 1. The van der Waals surface area contributed by atoms with Gasteiger partial charge < -0.3 is 9.84 Å². The van der Waals surface area contributed by atoms with E-state index in [1.54, 1.807) is 13.2 Å². The lowest BCUT2D eigenvalue weighted by atomic mass is 10.0. The summed E-state index contributed by atoms with van der Waals surface area (Å²) in [5, 5.41) is 9.72. The number of phenolic OH excluding ortho intramolecular Hbond substituents is 1.